The molecule has 0 aliphatic heterocycles. The van der Waals surface area contributed by atoms with Crippen molar-refractivity contribution in [2.24, 2.45) is 51.8 Å². The first-order valence-electron chi connectivity index (χ1n) is 19.6. The van der Waals surface area contributed by atoms with Crippen molar-refractivity contribution < 1.29 is 0 Å². The SMILES string of the molecule is C/C=C(\C)C(C)(CC(C)C(C)(S)C(C)CC(C)C(C)C(C)(S)CC(C)/C(C)=C(\C)CC)CC(C)(CC(C)(C)C(C)(S)CC)C(C)C(C)S. The second kappa shape index (κ2) is 18.8. The molecule has 0 fully saturated rings. The van der Waals surface area contributed by atoms with E-state index in [1.165, 1.54) is 11.1 Å². The molecule has 0 rings (SSSR count). The zero-order valence-electron chi connectivity index (χ0n) is 35.9. The molecule has 0 radical (unpaired) electrons. The zero-order valence-corrected chi connectivity index (χ0v) is 39.4. The number of hydrogen-bond donors (Lipinski definition) is 4. The van der Waals surface area contributed by atoms with Gasteiger partial charge in [-0.1, -0.05) is 134 Å². The second-order valence-corrected chi connectivity index (χ2v) is 22.9. The zero-order chi connectivity index (χ0) is 38.4. The summed E-state index contributed by atoms with van der Waals surface area (Å²) < 4.78 is -0.149. The molecule has 0 amide bonds. The molecular formula is C44H86S4. The quantitative estimate of drug-likeness (QED) is 0.0653. The first kappa shape index (κ1) is 48.9. The third kappa shape index (κ3) is 12.5. The predicted octanol–water partition coefficient (Wildman–Crippen LogP) is 15.3. The summed E-state index contributed by atoms with van der Waals surface area (Å²) in [5.74, 6) is 3.00. The van der Waals surface area contributed by atoms with Crippen LogP contribution in [0.25, 0.3) is 0 Å². The maximum atomic E-state index is 5.55. The Hall–Kier alpha value is 0.880. The molecule has 0 nitrogen and oxygen atoms in total. The van der Waals surface area contributed by atoms with Crippen molar-refractivity contribution in [2.75, 3.05) is 0 Å². The van der Waals surface area contributed by atoms with Crippen LogP contribution >= 0.6 is 50.5 Å². The lowest BCUT2D eigenvalue weighted by molar-refractivity contribution is 0.0361. The molecule has 0 aliphatic rings. The smallest absolute Gasteiger partial charge is 0.0153 e. The highest BCUT2D eigenvalue weighted by Crippen LogP contribution is 2.57. The van der Waals surface area contributed by atoms with E-state index in [1.807, 2.05) is 0 Å². The monoisotopic (exact) mass is 743 g/mol. The van der Waals surface area contributed by atoms with Crippen LogP contribution in [0.15, 0.2) is 22.8 Å². The lowest BCUT2D eigenvalue weighted by Gasteiger charge is -2.53. The molecule has 0 saturated heterocycles. The molecule has 12 unspecified atom stereocenters. The van der Waals surface area contributed by atoms with Gasteiger partial charge in [0, 0.05) is 19.5 Å². The summed E-state index contributed by atoms with van der Waals surface area (Å²) in [5.41, 5.74) is 4.81. The van der Waals surface area contributed by atoms with E-state index in [0.717, 1.165) is 44.9 Å². The summed E-state index contributed by atoms with van der Waals surface area (Å²) in [5, 5.41) is 0.320. The molecule has 286 valence electrons. The molecule has 4 heteroatoms. The third-order valence-corrected chi connectivity index (χ3v) is 17.8. The van der Waals surface area contributed by atoms with E-state index in [2.05, 4.69) is 145 Å². The maximum absolute atomic E-state index is 5.55. The first-order valence-corrected chi connectivity index (χ1v) is 21.4. The van der Waals surface area contributed by atoms with Crippen molar-refractivity contribution in [1.82, 2.24) is 0 Å². The van der Waals surface area contributed by atoms with Crippen LogP contribution in [0.4, 0.5) is 0 Å². The number of hydrogen-bond acceptors (Lipinski definition) is 4. The minimum absolute atomic E-state index is 0.0199. The maximum Gasteiger partial charge on any atom is 0.0153 e. The lowest BCUT2D eigenvalue weighted by Crippen LogP contribution is -2.46. The molecule has 0 aromatic carbocycles. The fourth-order valence-corrected chi connectivity index (χ4v) is 10.1. The highest BCUT2D eigenvalue weighted by molar-refractivity contribution is 7.82. The van der Waals surface area contributed by atoms with Gasteiger partial charge in [-0.3, -0.25) is 0 Å². The Balaban J connectivity index is 6.34. The van der Waals surface area contributed by atoms with Gasteiger partial charge < -0.3 is 0 Å². The molecule has 0 bridgehead atoms. The Morgan fingerprint density at radius 1 is 0.708 bits per heavy atom. The van der Waals surface area contributed by atoms with Crippen molar-refractivity contribution in [2.45, 2.75) is 203 Å². The average Bonchev–Trinajstić information content (AvgIpc) is 2.97. The summed E-state index contributed by atoms with van der Waals surface area (Å²) in [7, 11) is 0. The van der Waals surface area contributed by atoms with Crippen LogP contribution in [0.5, 0.6) is 0 Å². The van der Waals surface area contributed by atoms with Crippen LogP contribution in [0.3, 0.4) is 0 Å². The van der Waals surface area contributed by atoms with Crippen molar-refractivity contribution in [3.63, 3.8) is 0 Å². The lowest BCUT2D eigenvalue weighted by atomic mass is 9.55. The molecule has 0 N–H and O–H groups in total. The Morgan fingerprint density at radius 2 is 1.21 bits per heavy atom. The molecule has 0 spiro atoms. The van der Waals surface area contributed by atoms with Gasteiger partial charge in [-0.15, -0.1) is 0 Å². The van der Waals surface area contributed by atoms with Crippen LogP contribution < -0.4 is 0 Å². The van der Waals surface area contributed by atoms with E-state index < -0.39 is 0 Å². The Morgan fingerprint density at radius 3 is 1.62 bits per heavy atom. The summed E-state index contributed by atoms with van der Waals surface area (Å²) in [6, 6.07) is 0. The van der Waals surface area contributed by atoms with E-state index in [1.54, 1.807) is 5.57 Å². The average molecular weight is 743 g/mol. The van der Waals surface area contributed by atoms with Crippen LogP contribution in [0.1, 0.15) is 183 Å². The molecule has 12 atom stereocenters. The molecule has 0 saturated carbocycles. The minimum atomic E-state index is -0.0921. The van der Waals surface area contributed by atoms with Crippen molar-refractivity contribution in [3.8, 4) is 0 Å². The second-order valence-electron chi connectivity index (χ2n) is 19.1. The summed E-state index contributed by atoms with van der Waals surface area (Å²) in [6.45, 7) is 47.8. The molecule has 0 aromatic rings. The summed E-state index contributed by atoms with van der Waals surface area (Å²) in [4.78, 5) is 0. The standard InChI is InChI=1S/C44H86S4/c1-21-29(4)35(10)31(6)25-42(18,46)36(11)30(5)24-33(8)44(20,48)34(9)26-40(16,32(7)22-2)28-41(17,37(12)38(13)45)27-39(14,15)43(19,47)23-3/h22,30-31,33-34,36-38,45-48H,21,23-28H2,1-20H3/b32-22+,35-29+. The van der Waals surface area contributed by atoms with Gasteiger partial charge in [0.2, 0.25) is 0 Å². The van der Waals surface area contributed by atoms with Crippen LogP contribution in [-0.2, 0) is 0 Å². The van der Waals surface area contributed by atoms with Gasteiger partial charge in [-0.05, 0) is 124 Å². The van der Waals surface area contributed by atoms with Gasteiger partial charge in [0.15, 0.2) is 0 Å². The summed E-state index contributed by atoms with van der Waals surface area (Å²) >= 11 is 21.2. The van der Waals surface area contributed by atoms with E-state index in [9.17, 15) is 0 Å². The number of allylic oxidation sites excluding steroid dienone is 4. The fraction of sp³-hybridized carbons (Fsp3) is 0.909. The topological polar surface area (TPSA) is 0 Å². The van der Waals surface area contributed by atoms with Gasteiger partial charge in [0.1, 0.15) is 0 Å². The van der Waals surface area contributed by atoms with E-state index in [4.69, 9.17) is 50.5 Å². The number of rotatable bonds is 21. The van der Waals surface area contributed by atoms with Gasteiger partial charge in [0.25, 0.3) is 0 Å². The van der Waals surface area contributed by atoms with Gasteiger partial charge >= 0.3 is 0 Å². The Bertz CT molecular complexity index is 1050. The highest BCUT2D eigenvalue weighted by atomic mass is 32.1. The van der Waals surface area contributed by atoms with Crippen LogP contribution in [0.2, 0.25) is 0 Å². The molecule has 0 heterocycles. The third-order valence-electron chi connectivity index (χ3n) is 15.0. The largest absolute Gasteiger partial charge is 0.176 e. The van der Waals surface area contributed by atoms with E-state index in [0.29, 0.717) is 40.8 Å². The van der Waals surface area contributed by atoms with Crippen LogP contribution in [-0.4, -0.2) is 19.5 Å². The normalized spacial score (nSPS) is 24.7. The highest BCUT2D eigenvalue weighted by Gasteiger charge is 2.49. The Kier molecular flexibility index (Phi) is 19.1. The number of thiol groups is 4. The Labute approximate surface area is 326 Å². The van der Waals surface area contributed by atoms with E-state index >= 15 is 0 Å². The van der Waals surface area contributed by atoms with E-state index in [-0.39, 0.29) is 30.5 Å². The molecular weight excluding hydrogens is 657 g/mol. The molecule has 0 aromatic heterocycles. The predicted molar refractivity (Wildman–Crippen MR) is 237 cm³/mol. The minimum Gasteiger partial charge on any atom is -0.176 e. The van der Waals surface area contributed by atoms with Crippen molar-refractivity contribution in [1.29, 1.82) is 0 Å². The first-order chi connectivity index (χ1) is 21.4. The fourth-order valence-electron chi connectivity index (χ4n) is 8.90. The summed E-state index contributed by atoms with van der Waals surface area (Å²) in [6.07, 6.45) is 10.2. The molecule has 48 heavy (non-hydrogen) atoms. The van der Waals surface area contributed by atoms with Crippen molar-refractivity contribution >= 4 is 50.5 Å². The van der Waals surface area contributed by atoms with Crippen LogP contribution in [0, 0.1) is 51.8 Å². The van der Waals surface area contributed by atoms with Gasteiger partial charge in [-0.25, -0.2) is 0 Å². The molecule has 0 aliphatic carbocycles. The van der Waals surface area contributed by atoms with Gasteiger partial charge in [-0.2, -0.15) is 50.5 Å². The van der Waals surface area contributed by atoms with Crippen molar-refractivity contribution in [3.05, 3.63) is 22.8 Å². The van der Waals surface area contributed by atoms with Gasteiger partial charge in [0.05, 0.1) is 0 Å².